The van der Waals surface area contributed by atoms with E-state index in [0.29, 0.717) is 32.1 Å². The molecular weight excluding hydrogens is 396 g/mol. The average molecular weight is 420 g/mol. The number of carbonyl (C=O) groups excluding carboxylic acids is 4. The van der Waals surface area contributed by atoms with Crippen molar-refractivity contribution in [3.63, 3.8) is 0 Å². The first-order valence-corrected chi connectivity index (χ1v) is 9.49. The zero-order valence-corrected chi connectivity index (χ0v) is 16.6. The molecule has 1 aromatic rings. The standard InChI is InChI=1S/C20H24N2O8/c1-22(16-8-9-18(27)30-16)20(28)19-13(11-23)5-4-6-14(19)29-12-15(24)21-10-3-2-7-17(25)26/h4-6,11,16H,2-3,7-10,12H2,1H3,(H,21,24)(H,25,26). The number of carboxylic acids is 1. The molecule has 0 spiro atoms. The van der Waals surface area contributed by atoms with Gasteiger partial charge in [0.2, 0.25) is 0 Å². The van der Waals surface area contributed by atoms with Crippen molar-refractivity contribution in [2.75, 3.05) is 20.2 Å². The van der Waals surface area contributed by atoms with Crippen LogP contribution in [0.4, 0.5) is 0 Å². The third-order valence-electron chi connectivity index (χ3n) is 4.51. The van der Waals surface area contributed by atoms with Gasteiger partial charge in [0.25, 0.3) is 11.8 Å². The maximum Gasteiger partial charge on any atom is 0.307 e. The van der Waals surface area contributed by atoms with Crippen molar-refractivity contribution in [3.8, 4) is 5.75 Å². The van der Waals surface area contributed by atoms with Crippen LogP contribution in [0.2, 0.25) is 0 Å². The van der Waals surface area contributed by atoms with Crippen molar-refractivity contribution in [2.45, 2.75) is 38.3 Å². The maximum absolute atomic E-state index is 12.9. The number of amides is 2. The molecule has 2 N–H and O–H groups in total. The molecule has 10 nitrogen and oxygen atoms in total. The molecule has 1 unspecified atom stereocenters. The molecule has 10 heteroatoms. The van der Waals surface area contributed by atoms with Crippen LogP contribution < -0.4 is 10.1 Å². The summed E-state index contributed by atoms with van der Waals surface area (Å²) in [4.78, 5) is 59.3. The smallest absolute Gasteiger partial charge is 0.307 e. The summed E-state index contributed by atoms with van der Waals surface area (Å²) in [6, 6.07) is 4.44. The summed E-state index contributed by atoms with van der Waals surface area (Å²) in [6.07, 6.45) is 1.31. The highest BCUT2D eigenvalue weighted by molar-refractivity contribution is 6.04. The molecule has 1 aliphatic rings. The van der Waals surface area contributed by atoms with Gasteiger partial charge in [-0.3, -0.25) is 24.0 Å². The summed E-state index contributed by atoms with van der Waals surface area (Å²) >= 11 is 0. The van der Waals surface area contributed by atoms with E-state index >= 15 is 0 Å². The third-order valence-corrected chi connectivity index (χ3v) is 4.51. The molecule has 1 saturated heterocycles. The van der Waals surface area contributed by atoms with Crippen LogP contribution in [0.1, 0.15) is 52.8 Å². The Morgan fingerprint density at radius 1 is 1.33 bits per heavy atom. The molecule has 1 atom stereocenters. The molecule has 0 bridgehead atoms. The number of carboxylic acid groups (broad SMARTS) is 1. The zero-order valence-electron chi connectivity index (χ0n) is 16.6. The monoisotopic (exact) mass is 420 g/mol. The fourth-order valence-corrected chi connectivity index (χ4v) is 2.91. The van der Waals surface area contributed by atoms with Crippen molar-refractivity contribution in [3.05, 3.63) is 29.3 Å². The number of nitrogens with one attached hydrogen (secondary N) is 1. The fourth-order valence-electron chi connectivity index (χ4n) is 2.91. The van der Waals surface area contributed by atoms with Crippen LogP contribution in [0.3, 0.4) is 0 Å². The Bertz CT molecular complexity index is 823. The highest BCUT2D eigenvalue weighted by Gasteiger charge is 2.32. The number of aldehydes is 1. The minimum atomic E-state index is -0.894. The summed E-state index contributed by atoms with van der Waals surface area (Å²) < 4.78 is 10.6. The average Bonchev–Trinajstić information content (AvgIpc) is 3.16. The largest absolute Gasteiger partial charge is 0.483 e. The van der Waals surface area contributed by atoms with Crippen molar-refractivity contribution < 1.29 is 38.6 Å². The van der Waals surface area contributed by atoms with Gasteiger partial charge in [0.1, 0.15) is 5.75 Å². The van der Waals surface area contributed by atoms with E-state index in [-0.39, 0.29) is 36.3 Å². The molecule has 0 aromatic heterocycles. The number of hydrogen-bond acceptors (Lipinski definition) is 7. The Hall–Kier alpha value is -3.43. The number of nitrogens with zero attached hydrogens (tertiary/aromatic N) is 1. The first-order chi connectivity index (χ1) is 14.3. The number of rotatable bonds is 11. The zero-order chi connectivity index (χ0) is 22.1. The molecule has 1 aromatic carbocycles. The second-order valence-corrected chi connectivity index (χ2v) is 6.73. The lowest BCUT2D eigenvalue weighted by Crippen LogP contribution is -2.37. The van der Waals surface area contributed by atoms with E-state index in [1.54, 1.807) is 0 Å². The molecule has 2 rings (SSSR count). The molecule has 0 saturated carbocycles. The number of carbonyl (C=O) groups is 5. The van der Waals surface area contributed by atoms with Gasteiger partial charge in [-0.1, -0.05) is 12.1 Å². The van der Waals surface area contributed by atoms with Crippen LogP contribution >= 0.6 is 0 Å². The number of aliphatic carboxylic acids is 1. The topological polar surface area (TPSA) is 139 Å². The maximum atomic E-state index is 12.9. The molecular formula is C20H24N2O8. The lowest BCUT2D eigenvalue weighted by molar-refractivity contribution is -0.145. The Kier molecular flexibility index (Phi) is 8.33. The first-order valence-electron chi connectivity index (χ1n) is 9.49. The highest BCUT2D eigenvalue weighted by atomic mass is 16.6. The predicted molar refractivity (Wildman–Crippen MR) is 103 cm³/mol. The van der Waals surface area contributed by atoms with E-state index in [2.05, 4.69) is 5.32 Å². The molecule has 1 heterocycles. The van der Waals surface area contributed by atoms with Crippen LogP contribution in [0.25, 0.3) is 0 Å². The normalized spacial score (nSPS) is 15.2. The quantitative estimate of drug-likeness (QED) is 0.307. The second kappa shape index (κ2) is 10.9. The van der Waals surface area contributed by atoms with Crippen LogP contribution in [0.15, 0.2) is 18.2 Å². The highest BCUT2D eigenvalue weighted by Crippen LogP contribution is 2.26. The van der Waals surface area contributed by atoms with E-state index in [4.69, 9.17) is 14.6 Å². The van der Waals surface area contributed by atoms with Crippen molar-refractivity contribution in [1.29, 1.82) is 0 Å². The third kappa shape index (κ3) is 6.29. The lowest BCUT2D eigenvalue weighted by Gasteiger charge is -2.24. The Labute approximate surface area is 173 Å². The molecule has 0 radical (unpaired) electrons. The van der Waals surface area contributed by atoms with Crippen molar-refractivity contribution >= 4 is 30.0 Å². The Morgan fingerprint density at radius 3 is 2.73 bits per heavy atom. The first kappa shape index (κ1) is 22.9. The van der Waals surface area contributed by atoms with Gasteiger partial charge in [-0.25, -0.2) is 0 Å². The predicted octanol–water partition coefficient (Wildman–Crippen LogP) is 0.984. The molecule has 1 fully saturated rings. The van der Waals surface area contributed by atoms with Crippen molar-refractivity contribution in [1.82, 2.24) is 10.2 Å². The summed E-state index contributed by atoms with van der Waals surface area (Å²) in [5.41, 5.74) is 0.0648. The molecule has 2 amide bonds. The minimum Gasteiger partial charge on any atom is -0.483 e. The van der Waals surface area contributed by atoms with Gasteiger partial charge >= 0.3 is 11.9 Å². The van der Waals surface area contributed by atoms with Gasteiger partial charge in [0.05, 0.1) is 12.0 Å². The van der Waals surface area contributed by atoms with Gasteiger partial charge < -0.3 is 24.8 Å². The number of cyclic esters (lactones) is 1. The van der Waals surface area contributed by atoms with E-state index < -0.39 is 30.0 Å². The Balaban J connectivity index is 2.00. The summed E-state index contributed by atoms with van der Waals surface area (Å²) in [5, 5.41) is 11.2. The molecule has 0 aliphatic carbocycles. The van der Waals surface area contributed by atoms with Gasteiger partial charge in [-0.05, 0) is 18.9 Å². The Morgan fingerprint density at radius 2 is 2.10 bits per heavy atom. The van der Waals surface area contributed by atoms with Crippen LogP contribution in [0.5, 0.6) is 5.75 Å². The van der Waals surface area contributed by atoms with E-state index in [0.717, 1.165) is 0 Å². The molecule has 1 aliphatic heterocycles. The summed E-state index contributed by atoms with van der Waals surface area (Å²) in [6.45, 7) is -0.0882. The summed E-state index contributed by atoms with van der Waals surface area (Å²) in [5.74, 6) is -2.25. The van der Waals surface area contributed by atoms with Crippen LogP contribution in [-0.2, 0) is 19.1 Å². The van der Waals surface area contributed by atoms with E-state index in [1.807, 2.05) is 0 Å². The number of benzene rings is 1. The van der Waals surface area contributed by atoms with E-state index in [1.165, 1.54) is 30.1 Å². The number of ether oxygens (including phenoxy) is 2. The molecule has 162 valence electrons. The summed E-state index contributed by atoms with van der Waals surface area (Å²) in [7, 11) is 1.46. The van der Waals surface area contributed by atoms with Gasteiger partial charge in [0, 0.05) is 32.0 Å². The van der Waals surface area contributed by atoms with Gasteiger partial charge in [0.15, 0.2) is 19.1 Å². The number of esters is 1. The number of unbranched alkanes of at least 4 members (excludes halogenated alkanes) is 1. The minimum absolute atomic E-state index is 0.0211. The molecule has 30 heavy (non-hydrogen) atoms. The van der Waals surface area contributed by atoms with Gasteiger partial charge in [-0.2, -0.15) is 0 Å². The second-order valence-electron chi connectivity index (χ2n) is 6.73. The number of hydrogen-bond donors (Lipinski definition) is 2. The van der Waals surface area contributed by atoms with Crippen LogP contribution in [-0.4, -0.2) is 66.5 Å². The van der Waals surface area contributed by atoms with Crippen LogP contribution in [0, 0.1) is 0 Å². The van der Waals surface area contributed by atoms with E-state index in [9.17, 15) is 24.0 Å². The van der Waals surface area contributed by atoms with Gasteiger partial charge in [-0.15, -0.1) is 0 Å². The fraction of sp³-hybridized carbons (Fsp3) is 0.450. The SMILES string of the molecule is CN(C(=O)c1c(C=O)cccc1OCC(=O)NCCCCC(=O)O)C1CCC(=O)O1. The lowest BCUT2D eigenvalue weighted by atomic mass is 10.1. The van der Waals surface area contributed by atoms with Crippen molar-refractivity contribution in [2.24, 2.45) is 0 Å².